The molecule has 0 atom stereocenters. The number of hydrogen-bond donors (Lipinski definition) is 2. The van der Waals surface area contributed by atoms with E-state index in [9.17, 15) is 4.79 Å². The zero-order valence-electron chi connectivity index (χ0n) is 11.9. The van der Waals surface area contributed by atoms with Crippen molar-refractivity contribution >= 4 is 33.4 Å². The Balaban J connectivity index is 2.02. The van der Waals surface area contributed by atoms with Crippen LogP contribution in [-0.4, -0.2) is 20.9 Å². The molecule has 0 radical (unpaired) electrons. The number of nitrogens with one attached hydrogen (secondary N) is 2. The molecule has 0 saturated carbocycles. The summed E-state index contributed by atoms with van der Waals surface area (Å²) >= 11 is 1.46. The number of anilines is 1. The monoisotopic (exact) mass is 300 g/mol. The number of nitrogens with zero attached hydrogens (tertiary/aromatic N) is 2. The average Bonchev–Trinajstić information content (AvgIpc) is 3.09. The highest BCUT2D eigenvalue weighted by Gasteiger charge is 2.16. The number of aromatic amines is 1. The standard InChI is InChI=1S/C15H16N4OS/c1-3-9-13(21-15(18-9)19-12(20)4-2)14-16-10-7-5-6-8-11(10)17-14/h5-8H,3-4H2,1-2H3,(H,16,17)(H,18,19,20). The number of carbonyl (C=O) groups is 1. The van der Waals surface area contributed by atoms with Crippen LogP contribution >= 0.6 is 11.3 Å². The highest BCUT2D eigenvalue weighted by atomic mass is 32.1. The predicted molar refractivity (Wildman–Crippen MR) is 85.5 cm³/mol. The van der Waals surface area contributed by atoms with Gasteiger partial charge in [0.25, 0.3) is 0 Å². The number of amides is 1. The van der Waals surface area contributed by atoms with Crippen LogP contribution in [0.5, 0.6) is 0 Å². The third-order valence-corrected chi connectivity index (χ3v) is 4.22. The SMILES string of the molecule is CCC(=O)Nc1nc(CC)c(-c2nc3ccccc3[nH]2)s1. The van der Waals surface area contributed by atoms with E-state index < -0.39 is 0 Å². The fourth-order valence-corrected chi connectivity index (χ4v) is 3.11. The third kappa shape index (κ3) is 2.67. The molecule has 21 heavy (non-hydrogen) atoms. The Morgan fingerprint density at radius 3 is 2.81 bits per heavy atom. The Hall–Kier alpha value is -2.21. The van der Waals surface area contributed by atoms with Crippen molar-refractivity contribution in [1.29, 1.82) is 0 Å². The van der Waals surface area contributed by atoms with Gasteiger partial charge in [0.15, 0.2) is 11.0 Å². The Morgan fingerprint density at radius 1 is 1.29 bits per heavy atom. The van der Waals surface area contributed by atoms with E-state index in [0.29, 0.717) is 11.6 Å². The van der Waals surface area contributed by atoms with E-state index in [1.165, 1.54) is 11.3 Å². The summed E-state index contributed by atoms with van der Waals surface area (Å²) in [7, 11) is 0. The first kappa shape index (κ1) is 13.8. The highest BCUT2D eigenvalue weighted by molar-refractivity contribution is 7.19. The number of fused-ring (bicyclic) bond motifs is 1. The molecule has 108 valence electrons. The van der Waals surface area contributed by atoms with Gasteiger partial charge < -0.3 is 10.3 Å². The Morgan fingerprint density at radius 2 is 2.10 bits per heavy atom. The fourth-order valence-electron chi connectivity index (χ4n) is 2.10. The lowest BCUT2D eigenvalue weighted by molar-refractivity contribution is -0.115. The molecule has 5 nitrogen and oxygen atoms in total. The number of hydrogen-bond acceptors (Lipinski definition) is 4. The number of aromatic nitrogens is 3. The van der Waals surface area contributed by atoms with Crippen molar-refractivity contribution in [3.63, 3.8) is 0 Å². The number of H-pyrrole nitrogens is 1. The van der Waals surface area contributed by atoms with Crippen LogP contribution in [0.2, 0.25) is 0 Å². The molecule has 0 unspecified atom stereocenters. The van der Waals surface area contributed by atoms with Crippen LogP contribution in [0, 0.1) is 0 Å². The quantitative estimate of drug-likeness (QED) is 0.773. The molecule has 3 aromatic rings. The maximum Gasteiger partial charge on any atom is 0.225 e. The number of carbonyl (C=O) groups excluding carboxylic acids is 1. The first-order valence-electron chi connectivity index (χ1n) is 6.96. The molecular formula is C15H16N4OS. The van der Waals surface area contributed by atoms with Crippen molar-refractivity contribution in [2.24, 2.45) is 0 Å². The van der Waals surface area contributed by atoms with Crippen LogP contribution in [-0.2, 0) is 11.2 Å². The van der Waals surface area contributed by atoms with E-state index in [4.69, 9.17) is 0 Å². The lowest BCUT2D eigenvalue weighted by atomic mass is 10.3. The maximum absolute atomic E-state index is 11.5. The van der Waals surface area contributed by atoms with Gasteiger partial charge in [0.1, 0.15) is 0 Å². The molecule has 6 heteroatoms. The molecular weight excluding hydrogens is 284 g/mol. The van der Waals surface area contributed by atoms with E-state index in [0.717, 1.165) is 33.8 Å². The summed E-state index contributed by atoms with van der Waals surface area (Å²) in [6.07, 6.45) is 1.24. The van der Waals surface area contributed by atoms with Gasteiger partial charge in [-0.15, -0.1) is 0 Å². The van der Waals surface area contributed by atoms with Crippen molar-refractivity contribution in [3.8, 4) is 10.7 Å². The summed E-state index contributed by atoms with van der Waals surface area (Å²) in [6.45, 7) is 3.87. The van der Waals surface area contributed by atoms with E-state index in [2.05, 4.69) is 20.3 Å². The van der Waals surface area contributed by atoms with Crippen LogP contribution < -0.4 is 5.32 Å². The Labute approximate surface area is 126 Å². The first-order valence-corrected chi connectivity index (χ1v) is 7.77. The second kappa shape index (κ2) is 5.65. The predicted octanol–water partition coefficient (Wildman–Crippen LogP) is 3.60. The summed E-state index contributed by atoms with van der Waals surface area (Å²) in [5.41, 5.74) is 2.88. The molecule has 0 saturated heterocycles. The van der Waals surface area contributed by atoms with E-state index in [1.54, 1.807) is 0 Å². The minimum Gasteiger partial charge on any atom is -0.337 e. The van der Waals surface area contributed by atoms with Gasteiger partial charge in [0.2, 0.25) is 5.91 Å². The normalized spacial score (nSPS) is 11.0. The zero-order chi connectivity index (χ0) is 14.8. The van der Waals surface area contributed by atoms with Gasteiger partial charge in [0.05, 0.1) is 21.6 Å². The van der Waals surface area contributed by atoms with Gasteiger partial charge in [-0.05, 0) is 18.6 Å². The third-order valence-electron chi connectivity index (χ3n) is 3.20. The molecule has 0 fully saturated rings. The lowest BCUT2D eigenvalue weighted by Gasteiger charge is -1.95. The largest absolute Gasteiger partial charge is 0.337 e. The summed E-state index contributed by atoms with van der Waals surface area (Å²) in [6, 6.07) is 7.91. The number of benzene rings is 1. The second-order valence-electron chi connectivity index (χ2n) is 4.65. The number of rotatable bonds is 4. The smallest absolute Gasteiger partial charge is 0.225 e. The zero-order valence-corrected chi connectivity index (χ0v) is 12.8. The molecule has 1 aromatic carbocycles. The van der Waals surface area contributed by atoms with Gasteiger partial charge in [-0.3, -0.25) is 4.79 Å². The molecule has 0 spiro atoms. The van der Waals surface area contributed by atoms with Crippen LogP contribution in [0.3, 0.4) is 0 Å². The summed E-state index contributed by atoms with van der Waals surface area (Å²) < 4.78 is 0. The molecule has 0 aliphatic heterocycles. The van der Waals surface area contributed by atoms with Crippen molar-refractivity contribution in [2.45, 2.75) is 26.7 Å². The average molecular weight is 300 g/mol. The summed E-state index contributed by atoms with van der Waals surface area (Å²) in [5, 5.41) is 3.45. The van der Waals surface area contributed by atoms with E-state index in [1.807, 2.05) is 38.1 Å². The Kier molecular flexibility index (Phi) is 3.70. The second-order valence-corrected chi connectivity index (χ2v) is 5.65. The number of thiazole rings is 1. The van der Waals surface area contributed by atoms with Crippen LogP contribution in [0.1, 0.15) is 26.0 Å². The molecule has 2 aromatic heterocycles. The van der Waals surface area contributed by atoms with Gasteiger partial charge in [-0.1, -0.05) is 37.3 Å². The van der Waals surface area contributed by atoms with E-state index in [-0.39, 0.29) is 5.91 Å². The van der Waals surface area contributed by atoms with Gasteiger partial charge in [-0.25, -0.2) is 9.97 Å². The number of para-hydroxylation sites is 2. The van der Waals surface area contributed by atoms with Gasteiger partial charge >= 0.3 is 0 Å². The van der Waals surface area contributed by atoms with Crippen molar-refractivity contribution in [3.05, 3.63) is 30.0 Å². The molecule has 2 N–H and O–H groups in total. The fraction of sp³-hybridized carbons (Fsp3) is 0.267. The molecule has 0 aliphatic carbocycles. The highest BCUT2D eigenvalue weighted by Crippen LogP contribution is 2.32. The van der Waals surface area contributed by atoms with Gasteiger partial charge in [0, 0.05) is 6.42 Å². The topological polar surface area (TPSA) is 70.7 Å². The maximum atomic E-state index is 11.5. The molecule has 2 heterocycles. The molecule has 0 bridgehead atoms. The Bertz CT molecular complexity index is 757. The molecule has 1 amide bonds. The van der Waals surface area contributed by atoms with Crippen LogP contribution in [0.25, 0.3) is 21.7 Å². The first-order chi connectivity index (χ1) is 10.2. The van der Waals surface area contributed by atoms with E-state index >= 15 is 0 Å². The van der Waals surface area contributed by atoms with Crippen molar-refractivity contribution in [2.75, 3.05) is 5.32 Å². The minimum atomic E-state index is -0.0254. The minimum absolute atomic E-state index is 0.0254. The summed E-state index contributed by atoms with van der Waals surface area (Å²) in [4.78, 5) is 24.9. The van der Waals surface area contributed by atoms with Crippen LogP contribution in [0.15, 0.2) is 24.3 Å². The number of imidazole rings is 1. The van der Waals surface area contributed by atoms with Gasteiger partial charge in [-0.2, -0.15) is 0 Å². The lowest BCUT2D eigenvalue weighted by Crippen LogP contribution is -2.08. The van der Waals surface area contributed by atoms with Crippen molar-refractivity contribution < 1.29 is 4.79 Å². The number of aryl methyl sites for hydroxylation is 1. The summed E-state index contributed by atoms with van der Waals surface area (Å²) in [5.74, 6) is 0.783. The molecule has 0 aliphatic rings. The molecule has 3 rings (SSSR count). The van der Waals surface area contributed by atoms with Crippen molar-refractivity contribution in [1.82, 2.24) is 15.0 Å². The van der Waals surface area contributed by atoms with Crippen LogP contribution in [0.4, 0.5) is 5.13 Å².